The van der Waals surface area contributed by atoms with Crippen LogP contribution in [0.4, 0.5) is 4.79 Å². The number of allylic oxidation sites excluding steroid dienone is 1. The third-order valence-electron chi connectivity index (χ3n) is 3.04. The van der Waals surface area contributed by atoms with Crippen LogP contribution in [0.3, 0.4) is 0 Å². The lowest BCUT2D eigenvalue weighted by atomic mass is 9.83. The monoisotopic (exact) mass is 227 g/mol. The number of carbonyl (C=O) groups is 1. The number of aliphatic hydroxyl groups is 1. The molecule has 1 atom stereocenters. The fourth-order valence-corrected chi connectivity index (χ4v) is 2.10. The smallest absolute Gasteiger partial charge is 0.412 e. The Morgan fingerprint density at radius 2 is 2.00 bits per heavy atom. The number of rotatable bonds is 3. The van der Waals surface area contributed by atoms with Crippen molar-refractivity contribution >= 4 is 6.09 Å². The summed E-state index contributed by atoms with van der Waals surface area (Å²) < 4.78 is 4.83. The molecule has 0 bridgehead atoms. The molecule has 0 aromatic carbocycles. The highest BCUT2D eigenvalue weighted by Crippen LogP contribution is 2.26. The van der Waals surface area contributed by atoms with E-state index in [4.69, 9.17) is 4.74 Å². The SMILES string of the molecule is C=C(C)OC(=O)NC1CCC(C(C)O)CC1. The van der Waals surface area contributed by atoms with Gasteiger partial charge in [0.1, 0.15) is 0 Å². The molecule has 1 fully saturated rings. The second-order valence-electron chi connectivity index (χ2n) is 4.59. The summed E-state index contributed by atoms with van der Waals surface area (Å²) in [5, 5.41) is 12.2. The third kappa shape index (κ3) is 4.23. The van der Waals surface area contributed by atoms with Crippen LogP contribution in [0.15, 0.2) is 12.3 Å². The predicted molar refractivity (Wildman–Crippen MR) is 61.9 cm³/mol. The molecule has 2 N–H and O–H groups in total. The van der Waals surface area contributed by atoms with Crippen molar-refractivity contribution in [2.24, 2.45) is 5.92 Å². The van der Waals surface area contributed by atoms with Gasteiger partial charge in [-0.05, 0) is 45.4 Å². The molecular formula is C12H21NO3. The molecule has 1 unspecified atom stereocenters. The molecule has 1 aliphatic carbocycles. The summed E-state index contributed by atoms with van der Waals surface area (Å²) in [6.45, 7) is 6.98. The van der Waals surface area contributed by atoms with Crippen LogP contribution in [-0.2, 0) is 4.74 Å². The highest BCUT2D eigenvalue weighted by molar-refractivity contribution is 5.68. The van der Waals surface area contributed by atoms with Crippen molar-refractivity contribution in [2.75, 3.05) is 0 Å². The van der Waals surface area contributed by atoms with E-state index < -0.39 is 6.09 Å². The molecule has 1 aliphatic rings. The van der Waals surface area contributed by atoms with E-state index in [-0.39, 0.29) is 12.1 Å². The van der Waals surface area contributed by atoms with Crippen molar-refractivity contribution in [1.82, 2.24) is 5.32 Å². The minimum absolute atomic E-state index is 0.168. The molecule has 16 heavy (non-hydrogen) atoms. The Labute approximate surface area is 96.7 Å². The number of ether oxygens (including phenoxy) is 1. The summed E-state index contributed by atoms with van der Waals surface area (Å²) >= 11 is 0. The Kier molecular flexibility index (Phi) is 4.80. The zero-order valence-corrected chi connectivity index (χ0v) is 10.0. The number of aliphatic hydroxyl groups excluding tert-OH is 1. The lowest BCUT2D eigenvalue weighted by molar-refractivity contribution is 0.0924. The molecular weight excluding hydrogens is 206 g/mol. The minimum atomic E-state index is -0.423. The Balaban J connectivity index is 2.26. The lowest BCUT2D eigenvalue weighted by Gasteiger charge is -2.30. The fraction of sp³-hybridized carbons (Fsp3) is 0.750. The van der Waals surface area contributed by atoms with Gasteiger partial charge >= 0.3 is 6.09 Å². The summed E-state index contributed by atoms with van der Waals surface area (Å²) in [4.78, 5) is 11.3. The van der Waals surface area contributed by atoms with E-state index in [1.165, 1.54) is 0 Å². The molecule has 1 rings (SSSR count). The van der Waals surface area contributed by atoms with Crippen molar-refractivity contribution in [3.05, 3.63) is 12.3 Å². The zero-order valence-electron chi connectivity index (χ0n) is 10.0. The van der Waals surface area contributed by atoms with Gasteiger partial charge in [0.2, 0.25) is 0 Å². The van der Waals surface area contributed by atoms with Gasteiger partial charge in [-0.1, -0.05) is 6.58 Å². The summed E-state index contributed by atoms with van der Waals surface area (Å²) in [5.41, 5.74) is 0. The van der Waals surface area contributed by atoms with E-state index in [0.29, 0.717) is 11.7 Å². The molecule has 0 radical (unpaired) electrons. The fourth-order valence-electron chi connectivity index (χ4n) is 2.10. The summed E-state index contributed by atoms with van der Waals surface area (Å²) in [7, 11) is 0. The number of nitrogens with one attached hydrogen (secondary N) is 1. The Bertz CT molecular complexity index is 255. The molecule has 0 spiro atoms. The summed E-state index contributed by atoms with van der Waals surface area (Å²) in [5.74, 6) is 0.769. The number of hydrogen-bond donors (Lipinski definition) is 2. The first-order chi connectivity index (χ1) is 7.49. The van der Waals surface area contributed by atoms with E-state index in [2.05, 4.69) is 11.9 Å². The zero-order chi connectivity index (χ0) is 12.1. The van der Waals surface area contributed by atoms with Gasteiger partial charge < -0.3 is 15.2 Å². The molecule has 0 aromatic heterocycles. The topological polar surface area (TPSA) is 58.6 Å². The predicted octanol–water partition coefficient (Wildman–Crippen LogP) is 2.19. The maximum absolute atomic E-state index is 11.3. The van der Waals surface area contributed by atoms with Crippen LogP contribution in [0.1, 0.15) is 39.5 Å². The van der Waals surface area contributed by atoms with Gasteiger partial charge in [0.05, 0.1) is 11.9 Å². The Hall–Kier alpha value is -1.03. The van der Waals surface area contributed by atoms with Gasteiger partial charge in [-0.3, -0.25) is 0 Å². The maximum atomic E-state index is 11.3. The van der Waals surface area contributed by atoms with E-state index in [1.54, 1.807) is 6.92 Å². The van der Waals surface area contributed by atoms with Crippen LogP contribution in [0, 0.1) is 5.92 Å². The molecule has 92 valence electrons. The normalized spacial score (nSPS) is 26.9. The van der Waals surface area contributed by atoms with Crippen molar-refractivity contribution < 1.29 is 14.6 Å². The molecule has 4 heteroatoms. The van der Waals surface area contributed by atoms with E-state index >= 15 is 0 Å². The largest absolute Gasteiger partial charge is 0.416 e. The number of hydrogen-bond acceptors (Lipinski definition) is 3. The highest BCUT2D eigenvalue weighted by atomic mass is 16.6. The summed E-state index contributed by atoms with van der Waals surface area (Å²) in [6, 6.07) is 0.168. The average Bonchev–Trinajstić information content (AvgIpc) is 2.16. The van der Waals surface area contributed by atoms with Crippen LogP contribution in [-0.4, -0.2) is 23.3 Å². The molecule has 4 nitrogen and oxygen atoms in total. The van der Waals surface area contributed by atoms with Crippen molar-refractivity contribution in [2.45, 2.75) is 51.7 Å². The van der Waals surface area contributed by atoms with Crippen LogP contribution in [0.5, 0.6) is 0 Å². The van der Waals surface area contributed by atoms with Gasteiger partial charge in [0.15, 0.2) is 0 Å². The van der Waals surface area contributed by atoms with Gasteiger partial charge in [0, 0.05) is 6.04 Å². The standard InChI is InChI=1S/C12H21NO3/c1-8(2)16-12(15)13-11-6-4-10(5-7-11)9(3)14/h9-11,14H,1,4-7H2,2-3H3,(H,13,15). The van der Waals surface area contributed by atoms with Gasteiger partial charge in [-0.25, -0.2) is 4.79 Å². The lowest BCUT2D eigenvalue weighted by Crippen LogP contribution is -2.39. The van der Waals surface area contributed by atoms with Crippen LogP contribution in [0.25, 0.3) is 0 Å². The van der Waals surface area contributed by atoms with E-state index in [0.717, 1.165) is 25.7 Å². The Morgan fingerprint density at radius 1 is 1.44 bits per heavy atom. The second-order valence-corrected chi connectivity index (χ2v) is 4.59. The number of amides is 1. The van der Waals surface area contributed by atoms with Crippen molar-refractivity contribution in [3.8, 4) is 0 Å². The third-order valence-corrected chi connectivity index (χ3v) is 3.04. The molecule has 0 saturated heterocycles. The van der Waals surface area contributed by atoms with Gasteiger partial charge in [-0.2, -0.15) is 0 Å². The first-order valence-corrected chi connectivity index (χ1v) is 5.81. The van der Waals surface area contributed by atoms with Crippen molar-refractivity contribution in [3.63, 3.8) is 0 Å². The summed E-state index contributed by atoms with van der Waals surface area (Å²) in [6.07, 6.45) is 3.05. The van der Waals surface area contributed by atoms with Crippen LogP contribution < -0.4 is 5.32 Å². The molecule has 0 heterocycles. The van der Waals surface area contributed by atoms with E-state index in [1.807, 2.05) is 6.92 Å². The first-order valence-electron chi connectivity index (χ1n) is 5.81. The average molecular weight is 227 g/mol. The van der Waals surface area contributed by atoms with Crippen LogP contribution >= 0.6 is 0 Å². The second kappa shape index (κ2) is 5.89. The maximum Gasteiger partial charge on any atom is 0.412 e. The quantitative estimate of drug-likeness (QED) is 0.726. The Morgan fingerprint density at radius 3 is 2.44 bits per heavy atom. The van der Waals surface area contributed by atoms with Gasteiger partial charge in [-0.15, -0.1) is 0 Å². The van der Waals surface area contributed by atoms with Crippen LogP contribution in [0.2, 0.25) is 0 Å². The van der Waals surface area contributed by atoms with Crippen molar-refractivity contribution in [1.29, 1.82) is 0 Å². The minimum Gasteiger partial charge on any atom is -0.416 e. The molecule has 1 amide bonds. The number of carbonyl (C=O) groups excluding carboxylic acids is 1. The van der Waals surface area contributed by atoms with E-state index in [9.17, 15) is 9.90 Å². The number of alkyl carbamates (subject to hydrolysis) is 1. The highest BCUT2D eigenvalue weighted by Gasteiger charge is 2.25. The molecule has 0 aliphatic heterocycles. The first kappa shape index (κ1) is 13.0. The van der Waals surface area contributed by atoms with Gasteiger partial charge in [0.25, 0.3) is 0 Å². The molecule has 0 aromatic rings. The molecule has 1 saturated carbocycles.